The second kappa shape index (κ2) is 9.54. The minimum Gasteiger partial charge on any atom is -0.476 e. The van der Waals surface area contributed by atoms with Gasteiger partial charge >= 0.3 is 5.76 Å². The van der Waals surface area contributed by atoms with E-state index in [-0.39, 0.29) is 17.0 Å². The highest BCUT2D eigenvalue weighted by atomic mass is 32.2. The van der Waals surface area contributed by atoms with Crippen LogP contribution in [0.4, 0.5) is 5.69 Å². The molecule has 1 unspecified atom stereocenters. The first-order valence-electron chi connectivity index (χ1n) is 11.6. The number of fused-ring (bicyclic) bond motifs is 2. The average molecular weight is 508 g/mol. The molecule has 0 radical (unpaired) electrons. The van der Waals surface area contributed by atoms with Gasteiger partial charge in [-0.2, -0.15) is 0 Å². The average Bonchev–Trinajstić information content (AvgIpc) is 3.22. The third kappa shape index (κ3) is 4.35. The number of carbonyl (C=O) groups is 1. The predicted molar refractivity (Wildman–Crippen MR) is 135 cm³/mol. The molecular weight excluding hydrogens is 482 g/mol. The minimum absolute atomic E-state index is 0.0491. The van der Waals surface area contributed by atoms with Gasteiger partial charge in [-0.3, -0.25) is 13.7 Å². The lowest BCUT2D eigenvalue weighted by molar-refractivity contribution is -0.127. The van der Waals surface area contributed by atoms with E-state index < -0.39 is 27.8 Å². The monoisotopic (exact) mass is 507 g/mol. The first kappa shape index (κ1) is 23.7. The zero-order chi connectivity index (χ0) is 25.3. The van der Waals surface area contributed by atoms with Crippen LogP contribution < -0.4 is 20.1 Å². The maximum atomic E-state index is 13.7. The van der Waals surface area contributed by atoms with E-state index in [4.69, 9.17) is 9.15 Å². The molecule has 0 fully saturated rings. The minimum atomic E-state index is -4.11. The number of anilines is 1. The van der Waals surface area contributed by atoms with Crippen LogP contribution >= 0.6 is 0 Å². The van der Waals surface area contributed by atoms with Gasteiger partial charge < -0.3 is 14.5 Å². The van der Waals surface area contributed by atoms with Gasteiger partial charge in [0.25, 0.3) is 15.9 Å². The van der Waals surface area contributed by atoms with E-state index >= 15 is 0 Å². The summed E-state index contributed by atoms with van der Waals surface area (Å²) in [5, 5.41) is 2.85. The van der Waals surface area contributed by atoms with Crippen molar-refractivity contribution in [2.24, 2.45) is 0 Å². The first-order chi connectivity index (χ1) is 17.4. The molecule has 0 saturated carbocycles. The van der Waals surface area contributed by atoms with Crippen molar-refractivity contribution in [1.82, 2.24) is 9.88 Å². The smallest absolute Gasteiger partial charge is 0.419 e. The molecular formula is C26H25N3O6S. The number of carbonyl (C=O) groups excluding carboxylic acids is 1. The molecule has 5 rings (SSSR count). The Morgan fingerprint density at radius 1 is 1.06 bits per heavy atom. The van der Waals surface area contributed by atoms with Crippen molar-refractivity contribution >= 4 is 32.7 Å². The van der Waals surface area contributed by atoms with Crippen LogP contribution in [0.2, 0.25) is 0 Å². The summed E-state index contributed by atoms with van der Waals surface area (Å²) >= 11 is 0. The Morgan fingerprint density at radius 3 is 2.58 bits per heavy atom. The van der Waals surface area contributed by atoms with Crippen molar-refractivity contribution in [3.8, 4) is 5.75 Å². The summed E-state index contributed by atoms with van der Waals surface area (Å²) in [6, 6.07) is 20.7. The van der Waals surface area contributed by atoms with Crippen molar-refractivity contribution in [3.05, 3.63) is 88.9 Å². The number of ether oxygens (including phenoxy) is 1. The molecule has 0 bridgehead atoms. The van der Waals surface area contributed by atoms with Crippen LogP contribution in [0.15, 0.2) is 86.9 Å². The molecule has 1 aliphatic rings. The van der Waals surface area contributed by atoms with Crippen molar-refractivity contribution < 1.29 is 22.4 Å². The van der Waals surface area contributed by atoms with Gasteiger partial charge in [0, 0.05) is 19.2 Å². The molecule has 0 saturated heterocycles. The Labute approximate surface area is 208 Å². The number of oxazole rings is 1. The van der Waals surface area contributed by atoms with E-state index in [9.17, 15) is 18.0 Å². The van der Waals surface area contributed by atoms with Gasteiger partial charge in [-0.15, -0.1) is 0 Å². The standard InChI is InChI=1S/C26H25N3O6S/c1-2-28-20-13-12-19(16-23(20)35-26(28)31)36(32,33)29-17-24(34-22-11-7-6-10-21(22)29)25(30)27-15-14-18-8-4-3-5-9-18/h3-13,16,24H,2,14-15,17H2,1H3,(H,27,30). The number of para-hydroxylation sites is 2. The molecule has 9 nitrogen and oxygen atoms in total. The van der Waals surface area contributed by atoms with E-state index in [1.807, 2.05) is 30.3 Å². The zero-order valence-corrected chi connectivity index (χ0v) is 20.4. The Bertz CT molecular complexity index is 1580. The number of nitrogens with zero attached hydrogens (tertiary/aromatic N) is 2. The van der Waals surface area contributed by atoms with Crippen LogP contribution in [0, 0.1) is 0 Å². The summed E-state index contributed by atoms with van der Waals surface area (Å²) in [5.41, 5.74) is 2.11. The maximum Gasteiger partial charge on any atom is 0.419 e. The van der Waals surface area contributed by atoms with Gasteiger partial charge in [0.15, 0.2) is 11.7 Å². The zero-order valence-electron chi connectivity index (χ0n) is 19.6. The normalized spacial score (nSPS) is 15.4. The van der Waals surface area contributed by atoms with Crippen molar-refractivity contribution in [3.63, 3.8) is 0 Å². The molecule has 1 amide bonds. The number of amides is 1. The van der Waals surface area contributed by atoms with Gasteiger partial charge in [0.05, 0.1) is 22.6 Å². The van der Waals surface area contributed by atoms with E-state index in [1.165, 1.54) is 21.0 Å². The topological polar surface area (TPSA) is 111 Å². The fourth-order valence-electron chi connectivity index (χ4n) is 4.29. The SMILES string of the molecule is CCn1c(=O)oc2cc(S(=O)(=O)N3CC(C(=O)NCCc4ccccc4)Oc4ccccc43)ccc21. The number of aryl methyl sites for hydroxylation is 1. The molecule has 1 N–H and O–H groups in total. The van der Waals surface area contributed by atoms with E-state index in [2.05, 4.69) is 5.32 Å². The number of hydrogen-bond donors (Lipinski definition) is 1. The highest BCUT2D eigenvalue weighted by molar-refractivity contribution is 7.92. The lowest BCUT2D eigenvalue weighted by atomic mass is 10.1. The summed E-state index contributed by atoms with van der Waals surface area (Å²) in [6.07, 6.45) is -0.395. The van der Waals surface area contributed by atoms with Gasteiger partial charge in [-0.05, 0) is 43.2 Å². The number of nitrogens with one attached hydrogen (secondary N) is 1. The molecule has 1 atom stereocenters. The Morgan fingerprint density at radius 2 is 1.81 bits per heavy atom. The number of aromatic nitrogens is 1. The van der Waals surface area contributed by atoms with Crippen LogP contribution in [-0.4, -0.2) is 38.1 Å². The second-order valence-corrected chi connectivity index (χ2v) is 10.2. The maximum absolute atomic E-state index is 13.7. The molecule has 4 aromatic rings. The quantitative estimate of drug-likeness (QED) is 0.412. The number of hydrogen-bond acceptors (Lipinski definition) is 6. The van der Waals surface area contributed by atoms with Gasteiger partial charge in [-0.25, -0.2) is 13.2 Å². The number of benzene rings is 3. The molecule has 36 heavy (non-hydrogen) atoms. The molecule has 1 aromatic heterocycles. The van der Waals surface area contributed by atoms with Crippen molar-refractivity contribution in [1.29, 1.82) is 0 Å². The fraction of sp³-hybridized carbons (Fsp3) is 0.231. The van der Waals surface area contributed by atoms with Gasteiger partial charge in [0.1, 0.15) is 5.75 Å². The van der Waals surface area contributed by atoms with Crippen LogP contribution in [0.1, 0.15) is 12.5 Å². The summed E-state index contributed by atoms with van der Waals surface area (Å²) in [7, 11) is -4.11. The molecule has 0 aliphatic carbocycles. The second-order valence-electron chi connectivity index (χ2n) is 8.38. The Balaban J connectivity index is 1.42. The highest BCUT2D eigenvalue weighted by Crippen LogP contribution is 2.37. The largest absolute Gasteiger partial charge is 0.476 e. The van der Waals surface area contributed by atoms with Crippen molar-refractivity contribution in [2.45, 2.75) is 30.9 Å². The molecule has 186 valence electrons. The van der Waals surface area contributed by atoms with E-state index in [0.717, 1.165) is 5.56 Å². The third-order valence-electron chi connectivity index (χ3n) is 6.13. The van der Waals surface area contributed by atoms with Crippen LogP contribution in [0.25, 0.3) is 11.1 Å². The number of sulfonamides is 1. The van der Waals surface area contributed by atoms with E-state index in [1.54, 1.807) is 37.3 Å². The fourth-order valence-corrected chi connectivity index (χ4v) is 5.78. The third-order valence-corrected chi connectivity index (χ3v) is 7.90. The van der Waals surface area contributed by atoms with Gasteiger partial charge in [0.2, 0.25) is 0 Å². The van der Waals surface area contributed by atoms with Crippen LogP contribution in [0.5, 0.6) is 5.75 Å². The summed E-state index contributed by atoms with van der Waals surface area (Å²) in [6.45, 7) is 2.39. The lowest BCUT2D eigenvalue weighted by Crippen LogP contribution is -2.51. The van der Waals surface area contributed by atoms with Crippen LogP contribution in [-0.2, 0) is 27.8 Å². The van der Waals surface area contributed by atoms with E-state index in [0.29, 0.717) is 36.5 Å². The number of rotatable bonds is 7. The predicted octanol–water partition coefficient (Wildman–Crippen LogP) is 2.93. The molecule has 10 heteroatoms. The first-order valence-corrected chi connectivity index (χ1v) is 13.1. The van der Waals surface area contributed by atoms with Crippen LogP contribution in [0.3, 0.4) is 0 Å². The van der Waals surface area contributed by atoms with Crippen molar-refractivity contribution in [2.75, 3.05) is 17.4 Å². The Hall–Kier alpha value is -4.05. The summed E-state index contributed by atoms with van der Waals surface area (Å²) in [5.74, 6) is -0.659. The highest BCUT2D eigenvalue weighted by Gasteiger charge is 2.37. The Kier molecular flexibility index (Phi) is 6.27. The molecule has 3 aromatic carbocycles. The summed E-state index contributed by atoms with van der Waals surface area (Å²) in [4.78, 5) is 25.0. The van der Waals surface area contributed by atoms with Gasteiger partial charge in [-0.1, -0.05) is 42.5 Å². The molecule has 2 heterocycles. The lowest BCUT2D eigenvalue weighted by Gasteiger charge is -2.34. The molecule has 1 aliphatic heterocycles. The summed E-state index contributed by atoms with van der Waals surface area (Å²) < 4.78 is 41.2. The molecule has 0 spiro atoms.